The summed E-state index contributed by atoms with van der Waals surface area (Å²) in [7, 11) is 2.15. The van der Waals surface area contributed by atoms with Crippen LogP contribution in [0, 0.1) is 5.92 Å². The van der Waals surface area contributed by atoms with Crippen molar-refractivity contribution in [1.29, 1.82) is 0 Å². The van der Waals surface area contributed by atoms with Gasteiger partial charge < -0.3 is 4.90 Å². The molecule has 1 aromatic heterocycles. The number of hydrogen-bond acceptors (Lipinski definition) is 2. The first kappa shape index (κ1) is 14.6. The fourth-order valence-electron chi connectivity index (χ4n) is 2.32. The summed E-state index contributed by atoms with van der Waals surface area (Å²) in [6, 6.07) is 4.82. The maximum Gasteiger partial charge on any atom is 0.129 e. The van der Waals surface area contributed by atoms with Crippen molar-refractivity contribution in [3.8, 4) is 0 Å². The Morgan fingerprint density at radius 1 is 1.37 bits per heavy atom. The van der Waals surface area contributed by atoms with E-state index in [9.17, 15) is 0 Å². The molecule has 0 radical (unpaired) electrons. The molecule has 1 aromatic rings. The number of alkyl halides is 1. The maximum absolute atomic E-state index is 6.03. The maximum atomic E-state index is 6.03. The molecule has 2 nitrogen and oxygen atoms in total. The van der Waals surface area contributed by atoms with E-state index >= 15 is 0 Å². The number of aromatic nitrogens is 1. The third-order valence-electron chi connectivity index (χ3n) is 4.07. The Bertz CT molecular complexity index is 447. The van der Waals surface area contributed by atoms with Crippen LogP contribution in [0.25, 0.3) is 0 Å². The monoisotopic (exact) mass is 280 g/mol. The zero-order chi connectivity index (χ0) is 14.2. The Hall–Kier alpha value is -0.760. The summed E-state index contributed by atoms with van der Waals surface area (Å²) in [6.45, 7) is 8.88. The highest BCUT2D eigenvalue weighted by Crippen LogP contribution is 2.36. The lowest BCUT2D eigenvalue weighted by Crippen LogP contribution is -2.32. The SMILES string of the molecule is CC(C1CC1)N(C)c1cc(CCl)cc(C(C)(C)C)n1. The van der Waals surface area contributed by atoms with Crippen LogP contribution in [0.1, 0.15) is 51.8 Å². The second-order valence-electron chi connectivity index (χ2n) is 6.79. The highest BCUT2D eigenvalue weighted by molar-refractivity contribution is 6.17. The molecule has 1 unspecified atom stereocenters. The zero-order valence-corrected chi connectivity index (χ0v) is 13.5. The van der Waals surface area contributed by atoms with E-state index in [-0.39, 0.29) is 5.41 Å². The Morgan fingerprint density at radius 2 is 2.00 bits per heavy atom. The Balaban J connectivity index is 2.33. The normalized spacial score (nSPS) is 17.4. The second-order valence-corrected chi connectivity index (χ2v) is 7.06. The van der Waals surface area contributed by atoms with Gasteiger partial charge in [-0.25, -0.2) is 4.98 Å². The molecule has 0 spiro atoms. The van der Waals surface area contributed by atoms with Crippen LogP contribution in [0.2, 0.25) is 0 Å². The molecule has 1 aliphatic carbocycles. The lowest BCUT2D eigenvalue weighted by Gasteiger charge is -2.28. The summed E-state index contributed by atoms with van der Waals surface area (Å²) >= 11 is 6.03. The molecule has 0 amide bonds. The summed E-state index contributed by atoms with van der Waals surface area (Å²) in [6.07, 6.45) is 2.71. The average molecular weight is 281 g/mol. The average Bonchev–Trinajstić information content (AvgIpc) is 3.19. The van der Waals surface area contributed by atoms with Crippen LogP contribution < -0.4 is 4.90 Å². The van der Waals surface area contributed by atoms with E-state index in [0.717, 1.165) is 23.0 Å². The van der Waals surface area contributed by atoms with Gasteiger partial charge in [-0.05, 0) is 43.4 Å². The summed E-state index contributed by atoms with van der Waals surface area (Å²) in [5, 5.41) is 0. The molecule has 1 heterocycles. The molecule has 2 rings (SSSR count). The van der Waals surface area contributed by atoms with Gasteiger partial charge in [0, 0.05) is 30.1 Å². The standard InChI is InChI=1S/C16H25ClN2/c1-11(13-6-7-13)19(5)15-9-12(10-17)8-14(18-15)16(2,3)4/h8-9,11,13H,6-7,10H2,1-5H3. The van der Waals surface area contributed by atoms with E-state index in [1.807, 2.05) is 0 Å². The first-order chi connectivity index (χ1) is 8.82. The van der Waals surface area contributed by atoms with Gasteiger partial charge in [-0.3, -0.25) is 0 Å². The van der Waals surface area contributed by atoms with Crippen LogP contribution in [-0.2, 0) is 11.3 Å². The minimum atomic E-state index is 0.0560. The van der Waals surface area contributed by atoms with E-state index in [1.165, 1.54) is 12.8 Å². The summed E-state index contributed by atoms with van der Waals surface area (Å²) in [4.78, 5) is 7.16. The zero-order valence-electron chi connectivity index (χ0n) is 12.7. The van der Waals surface area contributed by atoms with Gasteiger partial charge in [-0.1, -0.05) is 20.8 Å². The van der Waals surface area contributed by atoms with Crippen LogP contribution in [0.15, 0.2) is 12.1 Å². The molecule has 3 heteroatoms. The van der Waals surface area contributed by atoms with E-state index in [4.69, 9.17) is 16.6 Å². The van der Waals surface area contributed by atoms with Crippen LogP contribution in [0.3, 0.4) is 0 Å². The Kier molecular flexibility index (Phi) is 4.10. The molecule has 1 aliphatic rings. The minimum absolute atomic E-state index is 0.0560. The van der Waals surface area contributed by atoms with Gasteiger partial charge in [-0.2, -0.15) is 0 Å². The van der Waals surface area contributed by atoms with E-state index in [2.05, 4.69) is 51.8 Å². The van der Waals surface area contributed by atoms with Crippen LogP contribution in [0.5, 0.6) is 0 Å². The van der Waals surface area contributed by atoms with Crippen molar-refractivity contribution in [2.45, 2.75) is 57.9 Å². The summed E-state index contributed by atoms with van der Waals surface area (Å²) < 4.78 is 0. The lowest BCUT2D eigenvalue weighted by atomic mass is 9.91. The minimum Gasteiger partial charge on any atom is -0.357 e. The van der Waals surface area contributed by atoms with Crippen molar-refractivity contribution in [2.75, 3.05) is 11.9 Å². The predicted octanol–water partition coefficient (Wildman–Crippen LogP) is 4.35. The fourth-order valence-corrected chi connectivity index (χ4v) is 2.47. The largest absolute Gasteiger partial charge is 0.357 e. The lowest BCUT2D eigenvalue weighted by molar-refractivity contribution is 0.560. The number of halogens is 1. The molecule has 1 atom stereocenters. The van der Waals surface area contributed by atoms with Crippen molar-refractivity contribution in [2.24, 2.45) is 5.92 Å². The molecule has 0 N–H and O–H groups in total. The third-order valence-corrected chi connectivity index (χ3v) is 4.38. The van der Waals surface area contributed by atoms with Crippen molar-refractivity contribution in [3.05, 3.63) is 23.4 Å². The fraction of sp³-hybridized carbons (Fsp3) is 0.688. The molecule has 0 bridgehead atoms. The third kappa shape index (κ3) is 3.42. The molecule has 19 heavy (non-hydrogen) atoms. The van der Waals surface area contributed by atoms with E-state index < -0.39 is 0 Å². The first-order valence-electron chi connectivity index (χ1n) is 7.13. The number of rotatable bonds is 4. The molecule has 1 saturated carbocycles. The summed E-state index contributed by atoms with van der Waals surface area (Å²) in [5.74, 6) is 2.44. The topological polar surface area (TPSA) is 16.1 Å². The van der Waals surface area contributed by atoms with Gasteiger partial charge in [0.25, 0.3) is 0 Å². The highest BCUT2D eigenvalue weighted by Gasteiger charge is 2.31. The quantitative estimate of drug-likeness (QED) is 0.762. The van der Waals surface area contributed by atoms with E-state index in [0.29, 0.717) is 11.9 Å². The van der Waals surface area contributed by atoms with Crippen molar-refractivity contribution < 1.29 is 0 Å². The number of pyridine rings is 1. The highest BCUT2D eigenvalue weighted by atomic mass is 35.5. The Labute approximate surface area is 122 Å². The molecule has 1 fully saturated rings. The van der Waals surface area contributed by atoms with Gasteiger partial charge >= 0.3 is 0 Å². The van der Waals surface area contributed by atoms with Crippen molar-refractivity contribution in [1.82, 2.24) is 4.98 Å². The van der Waals surface area contributed by atoms with E-state index in [1.54, 1.807) is 0 Å². The van der Waals surface area contributed by atoms with Gasteiger partial charge in [-0.15, -0.1) is 11.6 Å². The molecule has 0 aromatic carbocycles. The molecule has 0 saturated heterocycles. The van der Waals surface area contributed by atoms with Crippen LogP contribution >= 0.6 is 11.6 Å². The van der Waals surface area contributed by atoms with Gasteiger partial charge in [0.1, 0.15) is 5.82 Å². The molecular weight excluding hydrogens is 256 g/mol. The van der Waals surface area contributed by atoms with Crippen molar-refractivity contribution >= 4 is 17.4 Å². The number of nitrogens with zero attached hydrogens (tertiary/aromatic N) is 2. The van der Waals surface area contributed by atoms with Crippen LogP contribution in [0.4, 0.5) is 5.82 Å². The molecule has 0 aliphatic heterocycles. The second kappa shape index (κ2) is 5.32. The smallest absolute Gasteiger partial charge is 0.129 e. The predicted molar refractivity (Wildman–Crippen MR) is 83.1 cm³/mol. The van der Waals surface area contributed by atoms with Crippen molar-refractivity contribution in [3.63, 3.8) is 0 Å². The van der Waals surface area contributed by atoms with Crippen LogP contribution in [-0.4, -0.2) is 18.1 Å². The number of hydrogen-bond donors (Lipinski definition) is 0. The Morgan fingerprint density at radius 3 is 2.47 bits per heavy atom. The van der Waals surface area contributed by atoms with Gasteiger partial charge in [0.05, 0.1) is 0 Å². The van der Waals surface area contributed by atoms with Gasteiger partial charge in [0.15, 0.2) is 0 Å². The summed E-state index contributed by atoms with van der Waals surface area (Å²) in [5.41, 5.74) is 2.34. The number of anilines is 1. The first-order valence-corrected chi connectivity index (χ1v) is 7.66. The molecular formula is C16H25ClN2. The molecule has 106 valence electrons. The van der Waals surface area contributed by atoms with Gasteiger partial charge in [0.2, 0.25) is 0 Å².